The topological polar surface area (TPSA) is 49.8 Å². The predicted molar refractivity (Wildman–Crippen MR) is 102 cm³/mol. The molecule has 1 atom stereocenters. The number of alkyl halides is 3. The number of amides is 1. The van der Waals surface area contributed by atoms with Crippen LogP contribution in [0.4, 0.5) is 18.0 Å². The molecule has 1 amide bonds. The molecule has 4 nitrogen and oxygen atoms in total. The number of halogens is 3. The number of benzene rings is 2. The second kappa shape index (κ2) is 7.37. The Kier molecular flexibility index (Phi) is 5.38. The van der Waals surface area contributed by atoms with E-state index < -0.39 is 29.0 Å². The molecule has 7 heteroatoms. The van der Waals surface area contributed by atoms with Crippen molar-refractivity contribution >= 4 is 6.09 Å². The molecule has 2 aromatic rings. The van der Waals surface area contributed by atoms with E-state index >= 15 is 0 Å². The minimum atomic E-state index is -4.45. The fourth-order valence-electron chi connectivity index (χ4n) is 3.46. The van der Waals surface area contributed by atoms with E-state index in [-0.39, 0.29) is 19.0 Å². The number of carbonyl (C=O) groups is 1. The van der Waals surface area contributed by atoms with Crippen LogP contribution in [0.25, 0.3) is 0 Å². The Bertz CT molecular complexity index is 854. The first-order chi connectivity index (χ1) is 13.4. The average molecular weight is 407 g/mol. The van der Waals surface area contributed by atoms with Gasteiger partial charge in [0.1, 0.15) is 11.2 Å². The smallest absolute Gasteiger partial charge is 0.416 e. The summed E-state index contributed by atoms with van der Waals surface area (Å²) in [7, 11) is 0. The predicted octanol–water partition coefficient (Wildman–Crippen LogP) is 4.81. The summed E-state index contributed by atoms with van der Waals surface area (Å²) in [5, 5.41) is 11.6. The fourth-order valence-corrected chi connectivity index (χ4v) is 3.46. The van der Waals surface area contributed by atoms with Crippen molar-refractivity contribution in [2.24, 2.45) is 5.92 Å². The van der Waals surface area contributed by atoms with Gasteiger partial charge in [0.25, 0.3) is 0 Å². The summed E-state index contributed by atoms with van der Waals surface area (Å²) < 4.78 is 44.1. The molecular formula is C22H24F3NO3. The van der Waals surface area contributed by atoms with Gasteiger partial charge in [0.05, 0.1) is 5.56 Å². The van der Waals surface area contributed by atoms with Crippen LogP contribution < -0.4 is 0 Å². The van der Waals surface area contributed by atoms with E-state index in [1.54, 1.807) is 51.1 Å². The van der Waals surface area contributed by atoms with Crippen LogP contribution in [0.3, 0.4) is 0 Å². The molecule has 0 radical (unpaired) electrons. The van der Waals surface area contributed by atoms with Gasteiger partial charge in [0.2, 0.25) is 0 Å². The first-order valence-electron chi connectivity index (χ1n) is 9.35. The van der Waals surface area contributed by atoms with E-state index in [0.29, 0.717) is 11.1 Å². The second-order valence-electron chi connectivity index (χ2n) is 8.29. The third-order valence-electron chi connectivity index (χ3n) is 4.99. The lowest BCUT2D eigenvalue weighted by atomic mass is 9.72. The molecule has 1 heterocycles. The highest BCUT2D eigenvalue weighted by Gasteiger charge is 2.48. The monoisotopic (exact) mass is 407 g/mol. The number of ether oxygens (including phenoxy) is 1. The van der Waals surface area contributed by atoms with Gasteiger partial charge in [-0.05, 0) is 44.0 Å². The SMILES string of the molecule is CC(C)(C)OC(=O)N1CC([C@](O)(c2ccccc2)c2ccc(C(F)(F)F)cc2)C1. The van der Waals surface area contributed by atoms with Gasteiger partial charge in [-0.3, -0.25) is 0 Å². The lowest BCUT2D eigenvalue weighted by molar-refractivity contribution is -0.137. The Morgan fingerprint density at radius 1 is 0.931 bits per heavy atom. The van der Waals surface area contributed by atoms with Gasteiger partial charge < -0.3 is 14.7 Å². The van der Waals surface area contributed by atoms with E-state index in [1.165, 1.54) is 17.0 Å². The normalized spacial score (nSPS) is 17.4. The lowest BCUT2D eigenvalue weighted by Gasteiger charge is -2.48. The highest BCUT2D eigenvalue weighted by Crippen LogP contribution is 2.42. The highest BCUT2D eigenvalue weighted by atomic mass is 19.4. The van der Waals surface area contributed by atoms with Gasteiger partial charge in [-0.2, -0.15) is 13.2 Å². The molecule has 2 aromatic carbocycles. The Morgan fingerprint density at radius 2 is 1.41 bits per heavy atom. The summed E-state index contributed by atoms with van der Waals surface area (Å²) in [6.07, 6.45) is -4.93. The number of rotatable bonds is 3. The van der Waals surface area contributed by atoms with Crippen molar-refractivity contribution in [1.29, 1.82) is 0 Å². The minimum Gasteiger partial charge on any atom is -0.444 e. The minimum absolute atomic E-state index is 0.237. The number of hydrogen-bond donors (Lipinski definition) is 1. The molecule has 1 aliphatic heterocycles. The number of hydrogen-bond acceptors (Lipinski definition) is 3. The van der Waals surface area contributed by atoms with E-state index in [9.17, 15) is 23.1 Å². The molecule has 156 valence electrons. The molecule has 3 rings (SSSR count). The largest absolute Gasteiger partial charge is 0.444 e. The van der Waals surface area contributed by atoms with Crippen LogP contribution in [0, 0.1) is 5.92 Å². The Hall–Kier alpha value is -2.54. The van der Waals surface area contributed by atoms with Crippen LogP contribution in [0.2, 0.25) is 0 Å². The van der Waals surface area contributed by atoms with Crippen LogP contribution in [0.5, 0.6) is 0 Å². The Labute approximate surface area is 167 Å². The third-order valence-corrected chi connectivity index (χ3v) is 4.99. The number of aliphatic hydroxyl groups is 1. The summed E-state index contributed by atoms with van der Waals surface area (Å²) in [6.45, 7) is 5.78. The molecule has 0 spiro atoms. The van der Waals surface area contributed by atoms with E-state index in [1.807, 2.05) is 0 Å². The summed E-state index contributed by atoms with van der Waals surface area (Å²) in [5.41, 5.74) is -2.02. The molecule has 0 aliphatic carbocycles. The first kappa shape index (κ1) is 21.2. The van der Waals surface area contributed by atoms with Crippen molar-refractivity contribution in [2.75, 3.05) is 13.1 Å². The molecule has 0 saturated carbocycles. The number of likely N-dealkylation sites (tertiary alicyclic amines) is 1. The summed E-state index contributed by atoms with van der Waals surface area (Å²) in [5.74, 6) is -0.380. The van der Waals surface area contributed by atoms with Gasteiger partial charge in [0, 0.05) is 19.0 Å². The van der Waals surface area contributed by atoms with Crippen molar-refractivity contribution in [2.45, 2.75) is 38.1 Å². The molecule has 1 N–H and O–H groups in total. The molecule has 1 aliphatic rings. The van der Waals surface area contributed by atoms with E-state index in [0.717, 1.165) is 12.1 Å². The molecular weight excluding hydrogens is 383 g/mol. The molecule has 1 saturated heterocycles. The van der Waals surface area contributed by atoms with Gasteiger partial charge in [-0.1, -0.05) is 42.5 Å². The first-order valence-corrected chi connectivity index (χ1v) is 9.35. The van der Waals surface area contributed by atoms with Crippen molar-refractivity contribution in [3.63, 3.8) is 0 Å². The van der Waals surface area contributed by atoms with Crippen LogP contribution in [0.15, 0.2) is 54.6 Å². The third kappa shape index (κ3) is 4.40. The van der Waals surface area contributed by atoms with E-state index in [2.05, 4.69) is 0 Å². The van der Waals surface area contributed by atoms with E-state index in [4.69, 9.17) is 4.74 Å². The zero-order chi connectivity index (χ0) is 21.4. The van der Waals surface area contributed by atoms with Crippen LogP contribution in [0.1, 0.15) is 37.5 Å². The van der Waals surface area contributed by atoms with Crippen LogP contribution in [-0.2, 0) is 16.5 Å². The van der Waals surface area contributed by atoms with Crippen molar-refractivity contribution in [3.05, 3.63) is 71.3 Å². The van der Waals surface area contributed by atoms with Crippen LogP contribution >= 0.6 is 0 Å². The number of carbonyl (C=O) groups excluding carboxylic acids is 1. The fraction of sp³-hybridized carbons (Fsp3) is 0.409. The second-order valence-corrected chi connectivity index (χ2v) is 8.29. The molecule has 0 aromatic heterocycles. The van der Waals surface area contributed by atoms with Gasteiger partial charge in [-0.15, -0.1) is 0 Å². The lowest BCUT2D eigenvalue weighted by Crippen LogP contribution is -2.59. The highest BCUT2D eigenvalue weighted by molar-refractivity contribution is 5.69. The van der Waals surface area contributed by atoms with Gasteiger partial charge in [-0.25, -0.2) is 4.79 Å². The zero-order valence-corrected chi connectivity index (χ0v) is 16.5. The maximum atomic E-state index is 12.9. The van der Waals surface area contributed by atoms with Crippen molar-refractivity contribution in [1.82, 2.24) is 4.90 Å². The van der Waals surface area contributed by atoms with Crippen molar-refractivity contribution < 1.29 is 27.8 Å². The summed E-state index contributed by atoms with van der Waals surface area (Å²) in [6, 6.07) is 13.3. The van der Waals surface area contributed by atoms with Gasteiger partial charge >= 0.3 is 12.3 Å². The van der Waals surface area contributed by atoms with Crippen molar-refractivity contribution in [3.8, 4) is 0 Å². The van der Waals surface area contributed by atoms with Gasteiger partial charge in [0.15, 0.2) is 0 Å². The quantitative estimate of drug-likeness (QED) is 0.795. The molecule has 0 bridgehead atoms. The molecule has 29 heavy (non-hydrogen) atoms. The molecule has 1 fully saturated rings. The Balaban J connectivity index is 1.88. The maximum absolute atomic E-state index is 12.9. The summed E-state index contributed by atoms with van der Waals surface area (Å²) in [4.78, 5) is 13.7. The standard InChI is InChI=1S/C22H24F3NO3/c1-20(2,3)29-19(27)26-13-18(14-26)21(28,15-7-5-4-6-8-15)16-9-11-17(12-10-16)22(23,24)25/h4-12,18,28H,13-14H2,1-3H3/t21-/m0/s1. The number of nitrogens with zero attached hydrogens (tertiary/aromatic N) is 1. The maximum Gasteiger partial charge on any atom is 0.416 e. The van der Waals surface area contributed by atoms with Crippen LogP contribution in [-0.4, -0.2) is 34.8 Å². The Morgan fingerprint density at radius 3 is 1.90 bits per heavy atom. The molecule has 0 unspecified atom stereocenters. The summed E-state index contributed by atoms with van der Waals surface area (Å²) >= 11 is 0. The zero-order valence-electron chi connectivity index (χ0n) is 16.5. The average Bonchev–Trinajstić information content (AvgIpc) is 2.59.